The number of hydrogen-bond acceptors (Lipinski definition) is 5. The third-order valence-corrected chi connectivity index (χ3v) is 5.08. The molecule has 0 radical (unpaired) electrons. The molecule has 1 amide bonds. The normalized spacial score (nSPS) is 22.6. The van der Waals surface area contributed by atoms with E-state index in [1.165, 1.54) is 0 Å². The first-order valence-corrected chi connectivity index (χ1v) is 9.71. The van der Waals surface area contributed by atoms with Crippen molar-refractivity contribution >= 4 is 5.91 Å². The maximum Gasteiger partial charge on any atom is 0.242 e. The topological polar surface area (TPSA) is 60.0 Å². The summed E-state index contributed by atoms with van der Waals surface area (Å²) in [5, 5.41) is 3.10. The van der Waals surface area contributed by atoms with Gasteiger partial charge in [-0.1, -0.05) is 36.4 Å². The van der Waals surface area contributed by atoms with Gasteiger partial charge in [-0.15, -0.1) is 0 Å². The molecule has 1 N–H and O–H groups in total. The number of fused-ring (bicyclic) bond motifs is 1. The van der Waals surface area contributed by atoms with Gasteiger partial charge >= 0.3 is 0 Å². The van der Waals surface area contributed by atoms with Gasteiger partial charge in [-0.25, -0.2) is 0 Å². The smallest absolute Gasteiger partial charge is 0.242 e. The van der Waals surface area contributed by atoms with Gasteiger partial charge in [-0.2, -0.15) is 0 Å². The number of nitrogens with one attached hydrogen (secondary N) is 1. The molecule has 0 spiro atoms. The first-order valence-electron chi connectivity index (χ1n) is 9.71. The van der Waals surface area contributed by atoms with Gasteiger partial charge in [0.25, 0.3) is 0 Å². The van der Waals surface area contributed by atoms with Crippen molar-refractivity contribution in [3.63, 3.8) is 0 Å². The Bertz CT molecular complexity index is 817. The molecule has 0 bridgehead atoms. The van der Waals surface area contributed by atoms with Crippen molar-refractivity contribution in [3.05, 3.63) is 59.7 Å². The summed E-state index contributed by atoms with van der Waals surface area (Å²) in [4.78, 5) is 15.4. The van der Waals surface area contributed by atoms with E-state index in [1.54, 1.807) is 0 Å². The number of nitrogens with zero attached hydrogens (tertiary/aromatic N) is 1. The van der Waals surface area contributed by atoms with E-state index in [0.29, 0.717) is 6.54 Å². The van der Waals surface area contributed by atoms with Gasteiger partial charge in [0.1, 0.15) is 6.04 Å². The second kappa shape index (κ2) is 8.20. The molecule has 0 saturated carbocycles. The van der Waals surface area contributed by atoms with Gasteiger partial charge in [0.15, 0.2) is 11.5 Å². The molecule has 1 fully saturated rings. The van der Waals surface area contributed by atoms with E-state index in [1.807, 2.05) is 48.5 Å². The minimum atomic E-state index is -0.344. The molecular formula is C22H26N2O4. The lowest BCUT2D eigenvalue weighted by Crippen LogP contribution is -2.50. The van der Waals surface area contributed by atoms with Crippen molar-refractivity contribution < 1.29 is 19.0 Å². The summed E-state index contributed by atoms with van der Waals surface area (Å²) >= 11 is 0. The Morgan fingerprint density at radius 1 is 1.07 bits per heavy atom. The molecule has 3 unspecified atom stereocenters. The van der Waals surface area contributed by atoms with Gasteiger partial charge in [-0.3, -0.25) is 9.69 Å². The lowest BCUT2D eigenvalue weighted by Gasteiger charge is -2.39. The molecule has 0 aliphatic carbocycles. The number of carbonyl (C=O) groups excluding carboxylic acids is 1. The lowest BCUT2D eigenvalue weighted by atomic mass is 10.0. The molecule has 28 heavy (non-hydrogen) atoms. The Morgan fingerprint density at radius 3 is 2.54 bits per heavy atom. The maximum absolute atomic E-state index is 13.2. The number of rotatable bonds is 5. The van der Waals surface area contributed by atoms with E-state index in [4.69, 9.17) is 14.2 Å². The van der Waals surface area contributed by atoms with E-state index >= 15 is 0 Å². The molecular weight excluding hydrogens is 356 g/mol. The third-order valence-electron chi connectivity index (χ3n) is 5.08. The van der Waals surface area contributed by atoms with Gasteiger partial charge < -0.3 is 19.5 Å². The third kappa shape index (κ3) is 4.13. The van der Waals surface area contributed by atoms with Crippen LogP contribution in [-0.2, 0) is 16.1 Å². The molecule has 2 heterocycles. The predicted molar refractivity (Wildman–Crippen MR) is 105 cm³/mol. The van der Waals surface area contributed by atoms with Crippen molar-refractivity contribution in [2.24, 2.45) is 0 Å². The highest BCUT2D eigenvalue weighted by Crippen LogP contribution is 2.32. The van der Waals surface area contributed by atoms with Crippen LogP contribution in [0.25, 0.3) is 0 Å². The lowest BCUT2D eigenvalue weighted by molar-refractivity contribution is -0.133. The Labute approximate surface area is 165 Å². The van der Waals surface area contributed by atoms with E-state index in [-0.39, 0.29) is 30.9 Å². The molecule has 6 heteroatoms. The van der Waals surface area contributed by atoms with E-state index < -0.39 is 0 Å². The summed E-state index contributed by atoms with van der Waals surface area (Å²) in [5.74, 6) is 1.46. The van der Waals surface area contributed by atoms with Crippen molar-refractivity contribution in [2.45, 2.75) is 38.6 Å². The van der Waals surface area contributed by atoms with Crippen LogP contribution in [0.1, 0.15) is 31.0 Å². The molecule has 6 nitrogen and oxygen atoms in total. The first kappa shape index (κ1) is 18.8. The van der Waals surface area contributed by atoms with Gasteiger partial charge in [-0.05, 0) is 37.1 Å². The highest BCUT2D eigenvalue weighted by molar-refractivity contribution is 5.83. The Balaban J connectivity index is 1.50. The molecule has 4 rings (SSSR count). The second-order valence-electron chi connectivity index (χ2n) is 7.43. The highest BCUT2D eigenvalue weighted by atomic mass is 16.7. The van der Waals surface area contributed by atoms with Crippen LogP contribution in [0, 0.1) is 0 Å². The molecule has 2 aromatic rings. The summed E-state index contributed by atoms with van der Waals surface area (Å²) in [5.41, 5.74) is 1.97. The number of hydrogen-bond donors (Lipinski definition) is 1. The fourth-order valence-corrected chi connectivity index (χ4v) is 3.93. The maximum atomic E-state index is 13.2. The quantitative estimate of drug-likeness (QED) is 0.862. The summed E-state index contributed by atoms with van der Waals surface area (Å²) in [6.07, 6.45) is 0.188. The molecule has 1 saturated heterocycles. The molecule has 2 aliphatic rings. The summed E-state index contributed by atoms with van der Waals surface area (Å²) < 4.78 is 16.6. The second-order valence-corrected chi connectivity index (χ2v) is 7.43. The van der Waals surface area contributed by atoms with Crippen LogP contribution in [0.15, 0.2) is 48.5 Å². The predicted octanol–water partition coefficient (Wildman–Crippen LogP) is 2.88. The van der Waals surface area contributed by atoms with Crippen LogP contribution in [0.2, 0.25) is 0 Å². The molecule has 2 aromatic carbocycles. The van der Waals surface area contributed by atoms with E-state index in [0.717, 1.165) is 35.7 Å². The molecule has 2 aliphatic heterocycles. The zero-order valence-corrected chi connectivity index (χ0v) is 16.3. The van der Waals surface area contributed by atoms with Crippen LogP contribution >= 0.6 is 0 Å². The van der Waals surface area contributed by atoms with Gasteiger partial charge in [0.05, 0.1) is 12.2 Å². The fraction of sp³-hybridized carbons (Fsp3) is 0.409. The Morgan fingerprint density at radius 2 is 1.79 bits per heavy atom. The minimum absolute atomic E-state index is 0.00910. The molecule has 3 atom stereocenters. The van der Waals surface area contributed by atoms with Crippen LogP contribution in [0.3, 0.4) is 0 Å². The van der Waals surface area contributed by atoms with Gasteiger partial charge in [0.2, 0.25) is 12.7 Å². The number of morpholine rings is 1. The average Bonchev–Trinajstić information content (AvgIpc) is 3.14. The Kier molecular flexibility index (Phi) is 5.50. The summed E-state index contributed by atoms with van der Waals surface area (Å²) in [6.45, 7) is 6.23. The SMILES string of the molecule is CC1CN(C(C(=O)NCc2ccc3c(c2)OCO3)c2ccccc2)CC(C)O1. The first-order chi connectivity index (χ1) is 13.6. The average molecular weight is 382 g/mol. The van der Waals surface area contributed by atoms with E-state index in [9.17, 15) is 4.79 Å². The van der Waals surface area contributed by atoms with Crippen molar-refractivity contribution in [3.8, 4) is 11.5 Å². The van der Waals surface area contributed by atoms with Crippen LogP contribution < -0.4 is 14.8 Å². The van der Waals surface area contributed by atoms with Crippen molar-refractivity contribution in [1.82, 2.24) is 10.2 Å². The number of amides is 1. The number of ether oxygens (including phenoxy) is 3. The zero-order chi connectivity index (χ0) is 19.5. The largest absolute Gasteiger partial charge is 0.454 e. The number of carbonyl (C=O) groups is 1. The summed E-state index contributed by atoms with van der Waals surface area (Å²) in [7, 11) is 0. The molecule has 148 valence electrons. The highest BCUT2D eigenvalue weighted by Gasteiger charge is 2.33. The van der Waals surface area contributed by atoms with E-state index in [2.05, 4.69) is 24.1 Å². The monoisotopic (exact) mass is 382 g/mol. The molecule has 0 aromatic heterocycles. The summed E-state index contributed by atoms with van der Waals surface area (Å²) in [6, 6.07) is 15.3. The van der Waals surface area contributed by atoms with Crippen LogP contribution in [-0.4, -0.2) is 42.9 Å². The van der Waals surface area contributed by atoms with Crippen molar-refractivity contribution in [2.75, 3.05) is 19.9 Å². The van der Waals surface area contributed by atoms with Crippen LogP contribution in [0.4, 0.5) is 0 Å². The number of benzene rings is 2. The van der Waals surface area contributed by atoms with Gasteiger partial charge in [0, 0.05) is 19.6 Å². The minimum Gasteiger partial charge on any atom is -0.454 e. The van der Waals surface area contributed by atoms with Crippen LogP contribution in [0.5, 0.6) is 11.5 Å². The fourth-order valence-electron chi connectivity index (χ4n) is 3.93. The van der Waals surface area contributed by atoms with Crippen molar-refractivity contribution in [1.29, 1.82) is 0 Å². The Hall–Kier alpha value is -2.57. The zero-order valence-electron chi connectivity index (χ0n) is 16.3. The standard InChI is InChI=1S/C22H26N2O4/c1-15-12-24(13-16(2)28-15)21(18-6-4-3-5-7-18)22(25)23-11-17-8-9-19-20(10-17)27-14-26-19/h3-10,15-16,21H,11-14H2,1-2H3,(H,23,25).